The summed E-state index contributed by atoms with van der Waals surface area (Å²) in [5.74, 6) is 0.0293. The van der Waals surface area contributed by atoms with Gasteiger partial charge < -0.3 is 14.6 Å². The Labute approximate surface area is 206 Å². The molecule has 1 aliphatic heterocycles. The van der Waals surface area contributed by atoms with Gasteiger partial charge in [0.2, 0.25) is 5.91 Å². The predicted octanol–water partition coefficient (Wildman–Crippen LogP) is 4.69. The third-order valence-electron chi connectivity index (χ3n) is 5.53. The molecule has 2 aromatic carbocycles. The van der Waals surface area contributed by atoms with Gasteiger partial charge in [-0.2, -0.15) is 5.10 Å². The number of nitrogens with one attached hydrogen (secondary N) is 1. The second-order valence-electron chi connectivity index (χ2n) is 7.88. The highest BCUT2D eigenvalue weighted by Crippen LogP contribution is 2.29. The summed E-state index contributed by atoms with van der Waals surface area (Å²) >= 11 is 7.57. The number of carbonyl (C=O) groups excluding carboxylic acids is 1. The van der Waals surface area contributed by atoms with E-state index in [1.54, 1.807) is 29.2 Å². The van der Waals surface area contributed by atoms with E-state index < -0.39 is 0 Å². The number of aromatic nitrogens is 5. The van der Waals surface area contributed by atoms with Crippen LogP contribution in [0.15, 0.2) is 72.5 Å². The molecule has 5 rings (SSSR count). The average molecular weight is 495 g/mol. The Balaban J connectivity index is 1.33. The Morgan fingerprint density at radius 2 is 2.12 bits per heavy atom. The van der Waals surface area contributed by atoms with Crippen molar-refractivity contribution in [3.05, 3.63) is 72.4 Å². The van der Waals surface area contributed by atoms with Crippen LogP contribution in [-0.4, -0.2) is 48.7 Å². The first-order valence-electron chi connectivity index (χ1n) is 11.0. The minimum absolute atomic E-state index is 0.154. The van der Waals surface area contributed by atoms with Crippen molar-refractivity contribution in [2.75, 3.05) is 17.7 Å². The average Bonchev–Trinajstić information content (AvgIpc) is 3.62. The van der Waals surface area contributed by atoms with Gasteiger partial charge in [-0.25, -0.2) is 14.6 Å². The monoisotopic (exact) mass is 494 g/mol. The lowest BCUT2D eigenvalue weighted by Crippen LogP contribution is -2.18. The fourth-order valence-electron chi connectivity index (χ4n) is 3.94. The van der Waals surface area contributed by atoms with Crippen LogP contribution in [0.4, 0.5) is 5.69 Å². The molecule has 1 aliphatic rings. The lowest BCUT2D eigenvalue weighted by Gasteiger charge is -2.16. The van der Waals surface area contributed by atoms with Crippen LogP contribution < -0.4 is 5.32 Å². The van der Waals surface area contributed by atoms with Crippen molar-refractivity contribution in [3.63, 3.8) is 0 Å². The number of hydrogen-bond acceptors (Lipinski definition) is 6. The van der Waals surface area contributed by atoms with Crippen LogP contribution in [-0.2, 0) is 16.1 Å². The third-order valence-corrected chi connectivity index (χ3v) is 6.75. The predicted molar refractivity (Wildman–Crippen MR) is 132 cm³/mol. The van der Waals surface area contributed by atoms with Gasteiger partial charge in [-0.3, -0.25) is 4.79 Å². The van der Waals surface area contributed by atoms with E-state index in [1.807, 2.05) is 24.4 Å². The standard InChI is InChI=1S/C24H23ClN6O2S/c25-18-8-9-21(31-16-26-15-28-31)20(11-18)29-23(32)14-34-24-27-12-22(17-5-2-1-3-6-17)30(24)13-19-7-4-10-33-19/h1-3,5-6,8-9,11-12,15-16,19H,4,7,10,13-14H2,(H,29,32). The van der Waals surface area contributed by atoms with E-state index in [-0.39, 0.29) is 17.8 Å². The summed E-state index contributed by atoms with van der Waals surface area (Å²) in [6.07, 6.45) is 7.12. The summed E-state index contributed by atoms with van der Waals surface area (Å²) in [5.41, 5.74) is 3.35. The number of rotatable bonds is 8. The number of hydrogen-bond donors (Lipinski definition) is 1. The SMILES string of the molecule is O=C(CSc1ncc(-c2ccccc2)n1CC1CCCO1)Nc1cc(Cl)ccc1-n1cncn1. The second kappa shape index (κ2) is 10.4. The van der Waals surface area contributed by atoms with E-state index >= 15 is 0 Å². The largest absolute Gasteiger partial charge is 0.376 e. The lowest BCUT2D eigenvalue weighted by atomic mass is 10.1. The zero-order valence-electron chi connectivity index (χ0n) is 18.3. The molecule has 0 spiro atoms. The lowest BCUT2D eigenvalue weighted by molar-refractivity contribution is -0.113. The molecule has 3 heterocycles. The molecule has 1 unspecified atom stereocenters. The molecule has 0 bridgehead atoms. The summed E-state index contributed by atoms with van der Waals surface area (Å²) in [7, 11) is 0. The van der Waals surface area contributed by atoms with Gasteiger partial charge in [0.05, 0.1) is 41.7 Å². The quantitative estimate of drug-likeness (QED) is 0.357. The molecule has 174 valence electrons. The summed E-state index contributed by atoms with van der Waals surface area (Å²) in [6, 6.07) is 15.4. The number of thioether (sulfide) groups is 1. The van der Waals surface area contributed by atoms with Crippen LogP contribution >= 0.6 is 23.4 Å². The van der Waals surface area contributed by atoms with Crippen molar-refractivity contribution in [1.82, 2.24) is 24.3 Å². The van der Waals surface area contributed by atoms with E-state index in [4.69, 9.17) is 16.3 Å². The first kappa shape index (κ1) is 22.6. The molecule has 1 N–H and O–H groups in total. The molecule has 0 saturated carbocycles. The van der Waals surface area contributed by atoms with Crippen molar-refractivity contribution in [2.45, 2.75) is 30.6 Å². The summed E-state index contributed by atoms with van der Waals surface area (Å²) in [6.45, 7) is 1.50. The Hall–Kier alpha value is -3.14. The highest BCUT2D eigenvalue weighted by atomic mass is 35.5. The van der Waals surface area contributed by atoms with Crippen LogP contribution in [0.5, 0.6) is 0 Å². The summed E-state index contributed by atoms with van der Waals surface area (Å²) in [5, 5.41) is 8.40. The molecule has 0 aliphatic carbocycles. The van der Waals surface area contributed by atoms with Crippen molar-refractivity contribution in [2.24, 2.45) is 0 Å². The Bertz CT molecular complexity index is 1260. The molecule has 1 saturated heterocycles. The Kier molecular flexibility index (Phi) is 6.94. The van der Waals surface area contributed by atoms with Gasteiger partial charge in [0.1, 0.15) is 12.7 Å². The zero-order valence-corrected chi connectivity index (χ0v) is 19.9. The van der Waals surface area contributed by atoms with Gasteiger partial charge in [-0.05, 0) is 36.6 Å². The van der Waals surface area contributed by atoms with Crippen molar-refractivity contribution < 1.29 is 9.53 Å². The minimum atomic E-state index is -0.165. The van der Waals surface area contributed by atoms with Crippen molar-refractivity contribution >= 4 is 35.0 Å². The number of ether oxygens (including phenoxy) is 1. The number of carbonyl (C=O) groups is 1. The summed E-state index contributed by atoms with van der Waals surface area (Å²) in [4.78, 5) is 21.5. The van der Waals surface area contributed by atoms with Crippen molar-refractivity contribution in [3.8, 4) is 16.9 Å². The van der Waals surface area contributed by atoms with Gasteiger partial charge in [-0.1, -0.05) is 53.7 Å². The van der Waals surface area contributed by atoms with E-state index in [9.17, 15) is 4.79 Å². The highest BCUT2D eigenvalue weighted by molar-refractivity contribution is 7.99. The molecular weight excluding hydrogens is 472 g/mol. The number of anilines is 1. The second-order valence-corrected chi connectivity index (χ2v) is 9.25. The van der Waals surface area contributed by atoms with Gasteiger partial charge >= 0.3 is 0 Å². The molecule has 34 heavy (non-hydrogen) atoms. The molecular formula is C24H23ClN6O2S. The smallest absolute Gasteiger partial charge is 0.234 e. The highest BCUT2D eigenvalue weighted by Gasteiger charge is 2.21. The molecule has 8 nitrogen and oxygen atoms in total. The first-order chi connectivity index (χ1) is 16.7. The van der Waals surface area contributed by atoms with E-state index in [0.29, 0.717) is 22.9 Å². The van der Waals surface area contributed by atoms with Crippen LogP contribution in [0.3, 0.4) is 0 Å². The molecule has 10 heteroatoms. The fraction of sp³-hybridized carbons (Fsp3) is 0.250. The maximum absolute atomic E-state index is 12.9. The normalized spacial score (nSPS) is 15.5. The number of nitrogens with zero attached hydrogens (tertiary/aromatic N) is 5. The molecule has 4 aromatic rings. The van der Waals surface area contributed by atoms with Gasteiger partial charge in [-0.15, -0.1) is 0 Å². The zero-order chi connectivity index (χ0) is 23.3. The van der Waals surface area contributed by atoms with Crippen LogP contribution in [0, 0.1) is 0 Å². The van der Waals surface area contributed by atoms with Crippen molar-refractivity contribution in [1.29, 1.82) is 0 Å². The third kappa shape index (κ3) is 5.16. The molecule has 1 fully saturated rings. The van der Waals surface area contributed by atoms with Gasteiger partial charge in [0.15, 0.2) is 5.16 Å². The minimum Gasteiger partial charge on any atom is -0.376 e. The molecule has 1 amide bonds. The van der Waals surface area contributed by atoms with Gasteiger partial charge in [0, 0.05) is 11.6 Å². The number of benzene rings is 2. The Morgan fingerprint density at radius 1 is 1.24 bits per heavy atom. The number of halogens is 1. The molecule has 0 radical (unpaired) electrons. The van der Waals surface area contributed by atoms with Crippen LogP contribution in [0.2, 0.25) is 5.02 Å². The summed E-state index contributed by atoms with van der Waals surface area (Å²) < 4.78 is 9.61. The fourth-order valence-corrected chi connectivity index (χ4v) is 4.90. The van der Waals surface area contributed by atoms with E-state index in [0.717, 1.165) is 35.9 Å². The number of imidazole rings is 1. The Morgan fingerprint density at radius 3 is 2.88 bits per heavy atom. The van der Waals surface area contributed by atoms with Crippen LogP contribution in [0.25, 0.3) is 16.9 Å². The topological polar surface area (TPSA) is 86.9 Å². The molecule has 2 aromatic heterocycles. The van der Waals surface area contributed by atoms with E-state index in [1.165, 1.54) is 18.1 Å². The maximum Gasteiger partial charge on any atom is 0.234 e. The van der Waals surface area contributed by atoms with E-state index in [2.05, 4.69) is 37.1 Å². The first-order valence-corrected chi connectivity index (χ1v) is 12.3. The number of amides is 1. The maximum atomic E-state index is 12.9. The molecule has 1 atom stereocenters. The van der Waals surface area contributed by atoms with Crippen LogP contribution in [0.1, 0.15) is 12.8 Å². The van der Waals surface area contributed by atoms with Gasteiger partial charge in [0.25, 0.3) is 0 Å².